The predicted molar refractivity (Wildman–Crippen MR) is 134 cm³/mol. The number of oxazole rings is 1. The number of hydrogen-bond donors (Lipinski definition) is 0. The lowest BCUT2D eigenvalue weighted by atomic mass is 10.1. The molecule has 1 amide bonds. The first-order valence-electron chi connectivity index (χ1n) is 11.9. The first-order valence-corrected chi connectivity index (χ1v) is 11.9. The van der Waals surface area contributed by atoms with E-state index in [1.165, 1.54) is 0 Å². The van der Waals surface area contributed by atoms with Crippen molar-refractivity contribution in [2.45, 2.75) is 26.9 Å². The van der Waals surface area contributed by atoms with E-state index in [1.54, 1.807) is 0 Å². The molecule has 8 nitrogen and oxygen atoms in total. The van der Waals surface area contributed by atoms with Crippen LogP contribution in [0.3, 0.4) is 0 Å². The number of rotatable bonds is 9. The zero-order chi connectivity index (χ0) is 24.6. The molecule has 35 heavy (non-hydrogen) atoms. The quantitative estimate of drug-likeness (QED) is 0.341. The molecule has 1 aliphatic rings. The van der Waals surface area contributed by atoms with Crippen LogP contribution in [0.2, 0.25) is 0 Å². The van der Waals surface area contributed by atoms with Gasteiger partial charge in [-0.25, -0.2) is 4.98 Å². The minimum Gasteiger partial charge on any atom is -0.484 e. The van der Waals surface area contributed by atoms with Gasteiger partial charge < -0.3 is 23.8 Å². The molecule has 0 N–H and O–H groups in total. The molecule has 0 aliphatic carbocycles. The third kappa shape index (κ3) is 6.48. The number of ether oxygens (including phenoxy) is 1. The van der Waals surface area contributed by atoms with Gasteiger partial charge in [-0.3, -0.25) is 4.79 Å². The molecule has 1 saturated heterocycles. The van der Waals surface area contributed by atoms with Gasteiger partial charge in [0.15, 0.2) is 13.2 Å². The molecule has 0 bridgehead atoms. The van der Waals surface area contributed by atoms with Crippen molar-refractivity contribution < 1.29 is 18.8 Å². The highest BCUT2D eigenvalue weighted by atomic mass is 16.6. The zero-order valence-electron chi connectivity index (χ0n) is 20.6. The van der Waals surface area contributed by atoms with Crippen LogP contribution in [0.15, 0.2) is 64.2 Å². The van der Waals surface area contributed by atoms with Gasteiger partial charge >= 0.3 is 0 Å². The molecule has 0 unspecified atom stereocenters. The van der Waals surface area contributed by atoms with Gasteiger partial charge in [-0.05, 0) is 62.4 Å². The summed E-state index contributed by atoms with van der Waals surface area (Å²) in [5.41, 5.74) is 3.39. The third-order valence-corrected chi connectivity index (χ3v) is 6.03. The molecular weight excluding hydrogens is 444 g/mol. The number of benzene rings is 2. The Morgan fingerprint density at radius 2 is 1.77 bits per heavy atom. The number of nitrogens with zero attached hydrogens (tertiary/aromatic N) is 4. The van der Waals surface area contributed by atoms with E-state index in [2.05, 4.69) is 22.1 Å². The van der Waals surface area contributed by atoms with Crippen molar-refractivity contribution in [2.24, 2.45) is 5.16 Å². The summed E-state index contributed by atoms with van der Waals surface area (Å²) in [7, 11) is 2.07. The predicted octanol–water partition coefficient (Wildman–Crippen LogP) is 4.13. The fourth-order valence-electron chi connectivity index (χ4n) is 3.79. The monoisotopic (exact) mass is 476 g/mol. The van der Waals surface area contributed by atoms with Gasteiger partial charge in [0.2, 0.25) is 5.89 Å². The van der Waals surface area contributed by atoms with Crippen LogP contribution in [0.5, 0.6) is 5.75 Å². The van der Waals surface area contributed by atoms with Crippen LogP contribution in [0.25, 0.3) is 11.5 Å². The van der Waals surface area contributed by atoms with Gasteiger partial charge in [-0.15, -0.1) is 0 Å². The summed E-state index contributed by atoms with van der Waals surface area (Å²) in [6.07, 6.45) is 0.704. The van der Waals surface area contributed by atoms with Crippen molar-refractivity contribution in [2.75, 3.05) is 39.8 Å². The molecule has 1 fully saturated rings. The molecule has 3 aromatic rings. The number of aromatic nitrogens is 1. The molecule has 4 rings (SSSR count). The number of carbonyl (C=O) groups is 1. The maximum atomic E-state index is 12.4. The van der Waals surface area contributed by atoms with E-state index < -0.39 is 0 Å². The first kappa shape index (κ1) is 24.5. The Hall–Kier alpha value is -3.65. The Balaban J connectivity index is 1.30. The van der Waals surface area contributed by atoms with Crippen molar-refractivity contribution in [3.05, 3.63) is 71.6 Å². The zero-order valence-corrected chi connectivity index (χ0v) is 20.6. The lowest BCUT2D eigenvalue weighted by Gasteiger charge is -2.32. The highest BCUT2D eigenvalue weighted by molar-refractivity contribution is 6.00. The highest BCUT2D eigenvalue weighted by Crippen LogP contribution is 2.22. The standard InChI is InChI=1S/C27H32N4O4/c1-4-24(29-34-18-25-20(2)35-27(28-25)22-8-6-5-7-9-22)21-10-12-23(13-11-21)33-19-26(32)31-16-14-30(3)15-17-31/h5-13H,4,14-19H2,1-3H3/b29-24-. The fraction of sp³-hybridized carbons (Fsp3) is 0.370. The van der Waals surface area contributed by atoms with Gasteiger partial charge in [-0.2, -0.15) is 0 Å². The number of aryl methyl sites for hydroxylation is 1. The molecule has 1 aromatic heterocycles. The maximum absolute atomic E-state index is 12.4. The second kappa shape index (κ2) is 11.7. The van der Waals surface area contributed by atoms with E-state index in [4.69, 9.17) is 14.0 Å². The molecular formula is C27H32N4O4. The summed E-state index contributed by atoms with van der Waals surface area (Å²) in [6, 6.07) is 17.3. The number of likely N-dealkylation sites (N-methyl/N-ethyl adjacent to an activating group) is 1. The largest absolute Gasteiger partial charge is 0.484 e. The van der Waals surface area contributed by atoms with E-state index >= 15 is 0 Å². The molecule has 0 atom stereocenters. The van der Waals surface area contributed by atoms with Crippen LogP contribution in [0.4, 0.5) is 0 Å². The van der Waals surface area contributed by atoms with Gasteiger partial charge in [-0.1, -0.05) is 30.3 Å². The van der Waals surface area contributed by atoms with Crippen LogP contribution in [-0.2, 0) is 16.2 Å². The van der Waals surface area contributed by atoms with E-state index in [0.717, 1.165) is 48.7 Å². The average molecular weight is 477 g/mol. The van der Waals surface area contributed by atoms with Crippen LogP contribution in [0.1, 0.15) is 30.4 Å². The second-order valence-corrected chi connectivity index (χ2v) is 8.55. The maximum Gasteiger partial charge on any atom is 0.260 e. The van der Waals surface area contributed by atoms with Gasteiger partial charge in [0.25, 0.3) is 5.91 Å². The Labute approximate surface area is 206 Å². The third-order valence-electron chi connectivity index (χ3n) is 6.03. The van der Waals surface area contributed by atoms with Crippen molar-refractivity contribution in [3.8, 4) is 17.2 Å². The van der Waals surface area contributed by atoms with Crippen molar-refractivity contribution in [1.82, 2.24) is 14.8 Å². The van der Waals surface area contributed by atoms with Crippen molar-refractivity contribution >= 4 is 11.6 Å². The normalized spacial score (nSPS) is 14.7. The van der Waals surface area contributed by atoms with Crippen LogP contribution < -0.4 is 4.74 Å². The number of carbonyl (C=O) groups excluding carboxylic acids is 1. The first-order chi connectivity index (χ1) is 17.0. The van der Waals surface area contributed by atoms with Crippen LogP contribution in [0, 0.1) is 6.92 Å². The summed E-state index contributed by atoms with van der Waals surface area (Å²) in [4.78, 5) is 26.6. The van der Waals surface area contributed by atoms with E-state index in [-0.39, 0.29) is 19.1 Å². The fourth-order valence-corrected chi connectivity index (χ4v) is 3.79. The lowest BCUT2D eigenvalue weighted by Crippen LogP contribution is -2.48. The molecule has 2 aromatic carbocycles. The van der Waals surface area contributed by atoms with E-state index in [9.17, 15) is 4.79 Å². The minimum absolute atomic E-state index is 0.0185. The average Bonchev–Trinajstić information content (AvgIpc) is 3.27. The molecule has 0 radical (unpaired) electrons. The smallest absolute Gasteiger partial charge is 0.260 e. The summed E-state index contributed by atoms with van der Waals surface area (Å²) in [5.74, 6) is 1.96. The summed E-state index contributed by atoms with van der Waals surface area (Å²) < 4.78 is 11.5. The summed E-state index contributed by atoms with van der Waals surface area (Å²) in [5, 5.41) is 4.33. The topological polar surface area (TPSA) is 80.4 Å². The second-order valence-electron chi connectivity index (χ2n) is 8.55. The van der Waals surface area contributed by atoms with Crippen molar-refractivity contribution in [3.63, 3.8) is 0 Å². The van der Waals surface area contributed by atoms with Crippen LogP contribution >= 0.6 is 0 Å². The number of piperazine rings is 1. The lowest BCUT2D eigenvalue weighted by molar-refractivity contribution is -0.134. The van der Waals surface area contributed by atoms with E-state index in [0.29, 0.717) is 23.8 Å². The SMILES string of the molecule is CC/C(=N/OCc1nc(-c2ccccc2)oc1C)c1ccc(OCC(=O)N2CCN(C)CC2)cc1. The molecule has 8 heteroatoms. The molecule has 0 saturated carbocycles. The van der Waals surface area contributed by atoms with Gasteiger partial charge in [0.1, 0.15) is 17.2 Å². The summed E-state index contributed by atoms with van der Waals surface area (Å²) >= 11 is 0. The van der Waals surface area contributed by atoms with Crippen molar-refractivity contribution in [1.29, 1.82) is 0 Å². The summed E-state index contributed by atoms with van der Waals surface area (Å²) in [6.45, 7) is 7.44. The Kier molecular flexibility index (Phi) is 8.15. The van der Waals surface area contributed by atoms with Gasteiger partial charge in [0, 0.05) is 31.7 Å². The number of amides is 1. The molecule has 0 spiro atoms. The Morgan fingerprint density at radius 1 is 1.06 bits per heavy atom. The number of hydrogen-bond acceptors (Lipinski definition) is 7. The molecule has 1 aliphatic heterocycles. The Bertz CT molecular complexity index is 1130. The highest BCUT2D eigenvalue weighted by Gasteiger charge is 2.19. The van der Waals surface area contributed by atoms with Crippen LogP contribution in [-0.4, -0.2) is 66.2 Å². The molecule has 184 valence electrons. The molecule has 2 heterocycles. The van der Waals surface area contributed by atoms with E-state index in [1.807, 2.05) is 73.3 Å². The van der Waals surface area contributed by atoms with Gasteiger partial charge in [0.05, 0.1) is 5.71 Å². The number of oxime groups is 1. The minimum atomic E-state index is 0.0185. The Morgan fingerprint density at radius 3 is 2.46 bits per heavy atom.